The standard InChI is InChI=1S/C30H45BrO5Si/c1-29(2,3)21-16-20(18-24(32)26-25(33-7)13-12-23(31)28(26)34-8)17-22(30(4,5)6)27(21)36-19-35-14-15-37(9,10)11/h12-13,16-17H,14-15,18-19H2,1-11H3. The molecule has 0 heterocycles. The molecule has 0 amide bonds. The molecule has 0 radical (unpaired) electrons. The highest BCUT2D eigenvalue weighted by molar-refractivity contribution is 9.10. The van der Waals surface area contributed by atoms with E-state index in [1.165, 1.54) is 0 Å². The number of hydrogen-bond donors (Lipinski definition) is 0. The summed E-state index contributed by atoms with van der Waals surface area (Å²) in [6.07, 6.45) is 0.211. The van der Waals surface area contributed by atoms with Crippen molar-refractivity contribution in [2.75, 3.05) is 27.6 Å². The summed E-state index contributed by atoms with van der Waals surface area (Å²) in [7, 11) is 1.95. The predicted molar refractivity (Wildman–Crippen MR) is 159 cm³/mol. The van der Waals surface area contributed by atoms with Crippen LogP contribution in [0.1, 0.15) is 68.6 Å². The van der Waals surface area contributed by atoms with Crippen molar-refractivity contribution in [3.05, 3.63) is 51.0 Å². The number of carbonyl (C=O) groups is 1. The molecular weight excluding hydrogens is 548 g/mol. The molecule has 37 heavy (non-hydrogen) atoms. The van der Waals surface area contributed by atoms with Crippen LogP contribution in [0, 0.1) is 0 Å². The van der Waals surface area contributed by atoms with E-state index in [4.69, 9.17) is 18.9 Å². The van der Waals surface area contributed by atoms with Crippen LogP contribution >= 0.6 is 15.9 Å². The van der Waals surface area contributed by atoms with Crippen LogP contribution in [0.2, 0.25) is 25.7 Å². The van der Waals surface area contributed by atoms with Gasteiger partial charge in [-0.05, 0) is 50.5 Å². The minimum atomic E-state index is -1.17. The molecule has 0 aliphatic rings. The Balaban J connectivity index is 2.50. The van der Waals surface area contributed by atoms with Crippen molar-refractivity contribution in [1.82, 2.24) is 0 Å². The van der Waals surface area contributed by atoms with Gasteiger partial charge in [-0.25, -0.2) is 0 Å². The number of Topliss-reactive ketones (excluding diaryl/α,β-unsaturated/α-hetero) is 1. The van der Waals surface area contributed by atoms with Gasteiger partial charge in [-0.15, -0.1) is 0 Å². The van der Waals surface area contributed by atoms with Gasteiger partial charge in [-0.3, -0.25) is 4.79 Å². The number of rotatable bonds is 11. The minimum absolute atomic E-state index is 0.0712. The maximum absolute atomic E-state index is 13.6. The van der Waals surface area contributed by atoms with Gasteiger partial charge in [0.2, 0.25) is 0 Å². The molecule has 0 spiro atoms. The molecule has 0 aliphatic heterocycles. The summed E-state index contributed by atoms with van der Waals surface area (Å²) in [4.78, 5) is 13.6. The Bertz CT molecular complexity index is 1060. The SMILES string of the molecule is COc1ccc(Br)c(OC)c1C(=O)Cc1cc(C(C)(C)C)c(OCOCC[Si](C)(C)C)c(C(C)(C)C)c1. The third-order valence-corrected chi connectivity index (χ3v) is 8.52. The van der Waals surface area contributed by atoms with E-state index >= 15 is 0 Å². The summed E-state index contributed by atoms with van der Waals surface area (Å²) in [6.45, 7) is 20.9. The zero-order valence-electron chi connectivity index (χ0n) is 24.6. The highest BCUT2D eigenvalue weighted by Gasteiger charge is 2.29. The molecule has 0 fully saturated rings. The fourth-order valence-electron chi connectivity index (χ4n) is 4.04. The van der Waals surface area contributed by atoms with Crippen LogP contribution < -0.4 is 14.2 Å². The van der Waals surface area contributed by atoms with Crippen LogP contribution in [-0.4, -0.2) is 41.5 Å². The molecule has 7 heteroatoms. The fourth-order valence-corrected chi connectivity index (χ4v) is 5.29. The quantitative estimate of drug-likeness (QED) is 0.114. The lowest BCUT2D eigenvalue weighted by atomic mass is 9.78. The Kier molecular flexibility index (Phi) is 10.5. The summed E-state index contributed by atoms with van der Waals surface area (Å²) < 4.78 is 24.0. The summed E-state index contributed by atoms with van der Waals surface area (Å²) in [5, 5.41) is 0. The predicted octanol–water partition coefficient (Wildman–Crippen LogP) is 8.18. The first-order chi connectivity index (χ1) is 17.0. The second-order valence-electron chi connectivity index (χ2n) is 12.8. The summed E-state index contributed by atoms with van der Waals surface area (Å²) in [6, 6.07) is 8.89. The first-order valence-corrected chi connectivity index (χ1v) is 17.3. The van der Waals surface area contributed by atoms with E-state index < -0.39 is 8.07 Å². The van der Waals surface area contributed by atoms with Crippen molar-refractivity contribution in [3.63, 3.8) is 0 Å². The van der Waals surface area contributed by atoms with Gasteiger partial charge in [0.25, 0.3) is 0 Å². The van der Waals surface area contributed by atoms with Crippen molar-refractivity contribution in [3.8, 4) is 17.2 Å². The monoisotopic (exact) mass is 592 g/mol. The second-order valence-corrected chi connectivity index (χ2v) is 19.2. The molecule has 5 nitrogen and oxygen atoms in total. The fraction of sp³-hybridized carbons (Fsp3) is 0.567. The second kappa shape index (κ2) is 12.3. The summed E-state index contributed by atoms with van der Waals surface area (Å²) in [5.74, 6) is 1.75. The molecule has 0 saturated carbocycles. The third-order valence-electron chi connectivity index (χ3n) is 6.19. The Morgan fingerprint density at radius 3 is 1.92 bits per heavy atom. The smallest absolute Gasteiger partial charge is 0.189 e. The lowest BCUT2D eigenvalue weighted by molar-refractivity contribution is 0.0199. The van der Waals surface area contributed by atoms with E-state index in [-0.39, 0.29) is 29.8 Å². The normalized spacial score (nSPS) is 12.4. The van der Waals surface area contributed by atoms with Crippen molar-refractivity contribution in [2.24, 2.45) is 0 Å². The van der Waals surface area contributed by atoms with Gasteiger partial charge in [0, 0.05) is 32.2 Å². The third kappa shape index (κ3) is 8.59. The lowest BCUT2D eigenvalue weighted by Gasteiger charge is -2.30. The first-order valence-electron chi connectivity index (χ1n) is 12.8. The van der Waals surface area contributed by atoms with Crippen molar-refractivity contribution >= 4 is 29.8 Å². The lowest BCUT2D eigenvalue weighted by Crippen LogP contribution is -2.24. The molecule has 0 N–H and O–H groups in total. The van der Waals surface area contributed by atoms with Crippen LogP contribution in [0.5, 0.6) is 17.2 Å². The molecule has 0 atom stereocenters. The van der Waals surface area contributed by atoms with Crippen LogP contribution in [-0.2, 0) is 22.0 Å². The molecule has 0 unspecified atom stereocenters. The Hall–Kier alpha value is -1.83. The number of hydrogen-bond acceptors (Lipinski definition) is 5. The van der Waals surface area contributed by atoms with Crippen molar-refractivity contribution in [1.29, 1.82) is 0 Å². The van der Waals surface area contributed by atoms with Gasteiger partial charge >= 0.3 is 0 Å². The van der Waals surface area contributed by atoms with E-state index in [0.717, 1.165) is 28.5 Å². The Morgan fingerprint density at radius 1 is 0.892 bits per heavy atom. The van der Waals surface area contributed by atoms with Crippen LogP contribution in [0.15, 0.2) is 28.7 Å². The molecular formula is C30H45BrO5Si. The number of halogens is 1. The average Bonchev–Trinajstić information content (AvgIpc) is 2.76. The first kappa shape index (κ1) is 31.4. The van der Waals surface area contributed by atoms with Gasteiger partial charge in [-0.2, -0.15) is 0 Å². The molecule has 0 aromatic heterocycles. The number of methoxy groups -OCH3 is 2. The Labute approximate surface area is 233 Å². The van der Waals surface area contributed by atoms with Crippen LogP contribution in [0.3, 0.4) is 0 Å². The van der Waals surface area contributed by atoms with Gasteiger partial charge < -0.3 is 18.9 Å². The number of benzene rings is 2. The van der Waals surface area contributed by atoms with E-state index in [2.05, 4.69) is 89.2 Å². The molecule has 2 aromatic carbocycles. The summed E-state index contributed by atoms with van der Waals surface area (Å²) in [5.41, 5.74) is 3.09. The van der Waals surface area contributed by atoms with Crippen molar-refractivity contribution in [2.45, 2.75) is 84.5 Å². The van der Waals surface area contributed by atoms with E-state index in [0.29, 0.717) is 28.1 Å². The number of ketones is 1. The molecule has 206 valence electrons. The molecule has 0 bridgehead atoms. The van der Waals surface area contributed by atoms with Crippen LogP contribution in [0.25, 0.3) is 0 Å². The molecule has 2 aromatic rings. The van der Waals surface area contributed by atoms with E-state index in [1.54, 1.807) is 20.3 Å². The van der Waals surface area contributed by atoms with Gasteiger partial charge in [0.1, 0.15) is 22.8 Å². The maximum atomic E-state index is 13.6. The number of carbonyl (C=O) groups excluding carboxylic acids is 1. The topological polar surface area (TPSA) is 54.0 Å². The largest absolute Gasteiger partial charge is 0.496 e. The van der Waals surface area contributed by atoms with Crippen LogP contribution in [0.4, 0.5) is 0 Å². The molecule has 0 aliphatic carbocycles. The highest BCUT2D eigenvalue weighted by Crippen LogP contribution is 2.42. The van der Waals surface area contributed by atoms with Gasteiger partial charge in [0.05, 0.1) is 18.7 Å². The minimum Gasteiger partial charge on any atom is -0.496 e. The zero-order valence-corrected chi connectivity index (χ0v) is 27.1. The van der Waals surface area contributed by atoms with E-state index in [1.807, 2.05) is 6.07 Å². The van der Waals surface area contributed by atoms with Gasteiger partial charge in [0.15, 0.2) is 12.6 Å². The average molecular weight is 594 g/mol. The van der Waals surface area contributed by atoms with Crippen molar-refractivity contribution < 1.29 is 23.7 Å². The summed E-state index contributed by atoms with van der Waals surface area (Å²) >= 11 is 3.50. The van der Waals surface area contributed by atoms with Gasteiger partial charge in [-0.1, -0.05) is 73.3 Å². The highest BCUT2D eigenvalue weighted by atomic mass is 79.9. The maximum Gasteiger partial charge on any atom is 0.189 e. The van der Waals surface area contributed by atoms with E-state index in [9.17, 15) is 4.79 Å². The zero-order chi connectivity index (χ0) is 28.2. The molecule has 0 saturated heterocycles. The number of ether oxygens (including phenoxy) is 4. The molecule has 2 rings (SSSR count). The Morgan fingerprint density at radius 2 is 1.46 bits per heavy atom.